The summed E-state index contributed by atoms with van der Waals surface area (Å²) in [6, 6.07) is 0. The van der Waals surface area contributed by atoms with Crippen LogP contribution in [0.2, 0.25) is 0 Å². The number of carbonyl (C=O) groups excluding carboxylic acids is 1. The minimum absolute atomic E-state index is 0.114. The lowest BCUT2D eigenvalue weighted by Gasteiger charge is -2.08. The molecule has 0 amide bonds. The third kappa shape index (κ3) is 12.7. The van der Waals surface area contributed by atoms with Gasteiger partial charge < -0.3 is 19.7 Å². The molecule has 3 atom stereocenters. The highest BCUT2D eigenvalue weighted by Crippen LogP contribution is 2.31. The van der Waals surface area contributed by atoms with Crippen LogP contribution in [0.25, 0.3) is 0 Å². The molecule has 1 aliphatic rings. The summed E-state index contributed by atoms with van der Waals surface area (Å²) in [5.74, 6) is -0.290. The zero-order valence-electron chi connectivity index (χ0n) is 16.7. The molecule has 5 nitrogen and oxygen atoms in total. The number of hydrogen-bond donors (Lipinski definition) is 2. The number of ether oxygens (including phenoxy) is 2. The molecule has 2 N–H and O–H groups in total. The minimum Gasteiger partial charge on any atom is -0.463 e. The molecule has 1 heterocycles. The van der Waals surface area contributed by atoms with E-state index in [0.717, 1.165) is 19.3 Å². The second-order valence-corrected chi connectivity index (χ2v) is 7.60. The second-order valence-electron chi connectivity index (χ2n) is 7.60. The van der Waals surface area contributed by atoms with Crippen molar-refractivity contribution >= 4 is 5.97 Å². The first-order valence-corrected chi connectivity index (χ1v) is 10.8. The highest BCUT2D eigenvalue weighted by Gasteiger charge is 2.36. The van der Waals surface area contributed by atoms with Gasteiger partial charge in [0.1, 0.15) is 12.7 Å². The molecular formula is C21H40O5. The molecule has 1 rings (SSSR count). The van der Waals surface area contributed by atoms with Gasteiger partial charge in [0.05, 0.1) is 18.8 Å². The van der Waals surface area contributed by atoms with Gasteiger partial charge in [0, 0.05) is 6.42 Å². The molecule has 0 radical (unpaired) electrons. The Bertz CT molecular complexity index is 347. The molecule has 0 aromatic rings. The van der Waals surface area contributed by atoms with Gasteiger partial charge in [0.15, 0.2) is 0 Å². The molecule has 0 bridgehead atoms. The van der Waals surface area contributed by atoms with Gasteiger partial charge in [-0.25, -0.2) is 0 Å². The normalized spacial score (nSPS) is 20.1. The lowest BCUT2D eigenvalue weighted by atomic mass is 10.0. The van der Waals surface area contributed by atoms with E-state index in [4.69, 9.17) is 19.7 Å². The van der Waals surface area contributed by atoms with Crippen LogP contribution < -0.4 is 0 Å². The maximum absolute atomic E-state index is 11.4. The first-order valence-electron chi connectivity index (χ1n) is 10.8. The smallest absolute Gasteiger partial charge is 0.305 e. The fraction of sp³-hybridized carbons (Fsp3) is 0.952. The minimum atomic E-state index is -0.964. The summed E-state index contributed by atoms with van der Waals surface area (Å²) in [4.78, 5) is 11.4. The summed E-state index contributed by atoms with van der Waals surface area (Å²) in [7, 11) is 0. The van der Waals surface area contributed by atoms with Crippen molar-refractivity contribution in [2.24, 2.45) is 0 Å². The lowest BCUT2D eigenvalue weighted by Crippen LogP contribution is -2.21. The highest BCUT2D eigenvalue weighted by atomic mass is 16.6. The Morgan fingerprint density at radius 2 is 1.46 bits per heavy atom. The van der Waals surface area contributed by atoms with Gasteiger partial charge in [-0.15, -0.1) is 0 Å². The predicted molar refractivity (Wildman–Crippen MR) is 103 cm³/mol. The molecule has 1 aliphatic heterocycles. The van der Waals surface area contributed by atoms with Crippen molar-refractivity contribution in [3.05, 3.63) is 0 Å². The fourth-order valence-electron chi connectivity index (χ4n) is 3.27. The molecule has 0 aromatic carbocycles. The Morgan fingerprint density at radius 1 is 0.923 bits per heavy atom. The molecule has 0 saturated carbocycles. The van der Waals surface area contributed by atoms with Crippen molar-refractivity contribution in [2.75, 3.05) is 13.2 Å². The number of carbonyl (C=O) groups is 1. The molecular weight excluding hydrogens is 332 g/mol. The fourth-order valence-corrected chi connectivity index (χ4v) is 3.27. The van der Waals surface area contributed by atoms with Crippen LogP contribution in [0.4, 0.5) is 0 Å². The van der Waals surface area contributed by atoms with Gasteiger partial charge in [0.25, 0.3) is 0 Å². The van der Waals surface area contributed by atoms with Crippen molar-refractivity contribution in [2.45, 2.75) is 115 Å². The highest BCUT2D eigenvalue weighted by molar-refractivity contribution is 5.69. The zero-order valence-corrected chi connectivity index (χ0v) is 16.7. The van der Waals surface area contributed by atoms with Crippen LogP contribution in [0.3, 0.4) is 0 Å². The third-order valence-electron chi connectivity index (χ3n) is 5.05. The molecule has 1 saturated heterocycles. The van der Waals surface area contributed by atoms with Crippen LogP contribution in [-0.2, 0) is 14.3 Å². The molecule has 5 heteroatoms. The largest absolute Gasteiger partial charge is 0.463 e. The molecule has 26 heavy (non-hydrogen) atoms. The average Bonchev–Trinajstić information content (AvgIpc) is 3.39. The lowest BCUT2D eigenvalue weighted by molar-refractivity contribution is -0.147. The van der Waals surface area contributed by atoms with E-state index in [-0.39, 0.29) is 19.2 Å². The number of epoxide rings is 1. The van der Waals surface area contributed by atoms with Crippen LogP contribution in [0.5, 0.6) is 0 Å². The average molecular weight is 373 g/mol. The van der Waals surface area contributed by atoms with Gasteiger partial charge in [-0.2, -0.15) is 0 Å². The maximum Gasteiger partial charge on any atom is 0.305 e. The molecule has 0 aromatic heterocycles. The van der Waals surface area contributed by atoms with E-state index in [1.165, 1.54) is 64.2 Å². The van der Waals surface area contributed by atoms with Crippen LogP contribution in [0.15, 0.2) is 0 Å². The van der Waals surface area contributed by atoms with E-state index >= 15 is 0 Å². The topological polar surface area (TPSA) is 79.3 Å². The van der Waals surface area contributed by atoms with Crippen molar-refractivity contribution in [3.63, 3.8) is 0 Å². The van der Waals surface area contributed by atoms with Crippen molar-refractivity contribution in [1.29, 1.82) is 0 Å². The number of unbranched alkanes of at least 4 members (excludes halogenated alkanes) is 9. The van der Waals surface area contributed by atoms with Crippen LogP contribution in [0.1, 0.15) is 96.8 Å². The monoisotopic (exact) mass is 372 g/mol. The molecule has 1 fully saturated rings. The first kappa shape index (κ1) is 23.4. The van der Waals surface area contributed by atoms with Crippen molar-refractivity contribution in [3.8, 4) is 0 Å². The standard InChI is InChI=1S/C21H40O5/c1-2-3-4-5-7-10-13-19-20(26-19)14-11-8-6-9-12-15-21(24)25-17-18(23)16-22/h18-20,22-23H,2-17H2,1H3. The van der Waals surface area contributed by atoms with E-state index < -0.39 is 6.10 Å². The number of rotatable bonds is 18. The predicted octanol–water partition coefficient (Wildman–Crippen LogP) is 4.13. The Labute approximate surface area is 159 Å². The summed E-state index contributed by atoms with van der Waals surface area (Å²) >= 11 is 0. The van der Waals surface area contributed by atoms with E-state index in [1.807, 2.05) is 0 Å². The maximum atomic E-state index is 11.4. The molecule has 3 unspecified atom stereocenters. The van der Waals surface area contributed by atoms with E-state index in [9.17, 15) is 4.79 Å². The van der Waals surface area contributed by atoms with Gasteiger partial charge in [-0.05, 0) is 19.3 Å². The number of esters is 1. The Morgan fingerprint density at radius 3 is 2.04 bits per heavy atom. The van der Waals surface area contributed by atoms with E-state index in [0.29, 0.717) is 18.6 Å². The van der Waals surface area contributed by atoms with Crippen LogP contribution >= 0.6 is 0 Å². The number of aliphatic hydroxyl groups is 2. The summed E-state index contributed by atoms with van der Waals surface area (Å²) in [5.41, 5.74) is 0. The second kappa shape index (κ2) is 15.4. The number of hydrogen-bond acceptors (Lipinski definition) is 5. The van der Waals surface area contributed by atoms with Crippen LogP contribution in [0, 0.1) is 0 Å². The first-order chi connectivity index (χ1) is 12.7. The van der Waals surface area contributed by atoms with Gasteiger partial charge in [-0.3, -0.25) is 4.79 Å². The summed E-state index contributed by atoms with van der Waals surface area (Å²) in [6.45, 7) is 1.76. The summed E-state index contributed by atoms with van der Waals surface area (Å²) in [5, 5.41) is 17.7. The molecule has 0 aliphatic carbocycles. The van der Waals surface area contributed by atoms with Crippen LogP contribution in [-0.4, -0.2) is 47.7 Å². The molecule has 0 spiro atoms. The molecule has 154 valence electrons. The summed E-state index contributed by atoms with van der Waals surface area (Å²) < 4.78 is 10.6. The third-order valence-corrected chi connectivity index (χ3v) is 5.05. The Balaban J connectivity index is 1.79. The van der Waals surface area contributed by atoms with E-state index in [1.54, 1.807) is 0 Å². The van der Waals surface area contributed by atoms with Crippen molar-refractivity contribution in [1.82, 2.24) is 0 Å². The Kier molecular flexibility index (Phi) is 13.9. The number of aliphatic hydroxyl groups excluding tert-OH is 2. The summed E-state index contributed by atoms with van der Waals surface area (Å²) in [6.07, 6.45) is 16.4. The quantitative estimate of drug-likeness (QED) is 0.215. The van der Waals surface area contributed by atoms with Crippen molar-refractivity contribution < 1.29 is 24.5 Å². The van der Waals surface area contributed by atoms with Gasteiger partial charge >= 0.3 is 5.97 Å². The zero-order chi connectivity index (χ0) is 19.0. The van der Waals surface area contributed by atoms with Gasteiger partial charge in [-0.1, -0.05) is 71.1 Å². The van der Waals surface area contributed by atoms with E-state index in [2.05, 4.69) is 6.92 Å². The SMILES string of the molecule is CCCCCCCCC1OC1CCCCCCCC(=O)OCC(O)CO. The van der Waals surface area contributed by atoms with Gasteiger partial charge in [0.2, 0.25) is 0 Å². The Hall–Kier alpha value is -0.650.